The smallest absolute Gasteiger partial charge is 0.422 e. The van der Waals surface area contributed by atoms with E-state index in [1.807, 2.05) is 0 Å². The highest BCUT2D eigenvalue weighted by Gasteiger charge is 2.29. The van der Waals surface area contributed by atoms with Crippen LogP contribution in [-0.4, -0.2) is 38.9 Å². The summed E-state index contributed by atoms with van der Waals surface area (Å²) in [6, 6.07) is 4.36. The van der Waals surface area contributed by atoms with Crippen molar-refractivity contribution in [2.75, 3.05) is 32.1 Å². The number of anilines is 1. The van der Waals surface area contributed by atoms with E-state index < -0.39 is 12.8 Å². The van der Waals surface area contributed by atoms with Crippen LogP contribution in [0.2, 0.25) is 0 Å². The minimum Gasteiger partial charge on any atom is -0.493 e. The van der Waals surface area contributed by atoms with E-state index in [1.165, 1.54) is 19.2 Å². The second-order valence-corrected chi connectivity index (χ2v) is 5.72. The maximum atomic E-state index is 12.3. The summed E-state index contributed by atoms with van der Waals surface area (Å²) in [6.07, 6.45) is -2.23. The Morgan fingerprint density at radius 3 is 2.72 bits per heavy atom. The monoisotopic (exact) mass is 382 g/mol. The predicted molar refractivity (Wildman–Crippen MR) is 90.6 cm³/mol. The Kier molecular flexibility index (Phi) is 8.31. The van der Waals surface area contributed by atoms with Crippen LogP contribution >= 0.6 is 12.4 Å². The predicted octanol–water partition coefficient (Wildman–Crippen LogP) is 3.39. The molecule has 1 saturated heterocycles. The van der Waals surface area contributed by atoms with E-state index in [0.29, 0.717) is 18.0 Å². The number of hydrogen-bond acceptors (Lipinski definition) is 4. The highest BCUT2D eigenvalue weighted by molar-refractivity contribution is 5.91. The van der Waals surface area contributed by atoms with Gasteiger partial charge in [-0.2, -0.15) is 13.2 Å². The lowest BCUT2D eigenvalue weighted by Gasteiger charge is -2.14. The Morgan fingerprint density at radius 1 is 1.36 bits per heavy atom. The number of ether oxygens (including phenoxy) is 2. The number of nitrogens with one attached hydrogen (secondary N) is 2. The maximum Gasteiger partial charge on any atom is 0.422 e. The molecule has 5 nitrogen and oxygen atoms in total. The zero-order chi connectivity index (χ0) is 17.6. The SMILES string of the molecule is COc1ccc(NC(=O)CCC2CCNC2)cc1OCC(F)(F)F.Cl. The van der Waals surface area contributed by atoms with Crippen LogP contribution in [0, 0.1) is 5.92 Å². The van der Waals surface area contributed by atoms with Gasteiger partial charge in [-0.15, -0.1) is 12.4 Å². The second-order valence-electron chi connectivity index (χ2n) is 5.72. The summed E-state index contributed by atoms with van der Waals surface area (Å²) in [7, 11) is 1.34. The molecule has 1 aliphatic heterocycles. The molecule has 0 aromatic heterocycles. The molecule has 2 rings (SSSR count). The molecule has 0 aliphatic carbocycles. The van der Waals surface area contributed by atoms with Gasteiger partial charge in [0.05, 0.1) is 7.11 Å². The number of benzene rings is 1. The van der Waals surface area contributed by atoms with Crippen LogP contribution < -0.4 is 20.1 Å². The fraction of sp³-hybridized carbons (Fsp3) is 0.562. The van der Waals surface area contributed by atoms with Crippen LogP contribution in [0.4, 0.5) is 18.9 Å². The molecule has 1 aromatic carbocycles. The van der Waals surface area contributed by atoms with Crippen molar-refractivity contribution >= 4 is 24.0 Å². The minimum atomic E-state index is -4.44. The summed E-state index contributed by atoms with van der Waals surface area (Å²) in [6.45, 7) is 0.478. The Morgan fingerprint density at radius 2 is 2.12 bits per heavy atom. The Hall–Kier alpha value is -1.67. The van der Waals surface area contributed by atoms with Crippen molar-refractivity contribution in [2.24, 2.45) is 5.92 Å². The van der Waals surface area contributed by atoms with Gasteiger partial charge in [0.1, 0.15) is 0 Å². The fourth-order valence-corrected chi connectivity index (χ4v) is 2.55. The first kappa shape index (κ1) is 21.4. The number of carbonyl (C=O) groups excluding carboxylic acids is 1. The van der Waals surface area contributed by atoms with Gasteiger partial charge in [-0.1, -0.05) is 0 Å². The molecule has 142 valence electrons. The summed E-state index contributed by atoms with van der Waals surface area (Å²) in [5.41, 5.74) is 0.377. The third-order valence-corrected chi connectivity index (χ3v) is 3.78. The number of alkyl halides is 3. The third kappa shape index (κ3) is 7.39. The number of hydrogen-bond donors (Lipinski definition) is 2. The van der Waals surface area contributed by atoms with Crippen LogP contribution in [0.15, 0.2) is 18.2 Å². The number of methoxy groups -OCH3 is 1. The standard InChI is InChI=1S/C16H21F3N2O3.ClH/c1-23-13-4-3-12(8-14(13)24-10-16(17,18)19)21-15(22)5-2-11-6-7-20-9-11;/h3-4,8,11,20H,2,5-7,9-10H2,1H3,(H,21,22);1H. The molecule has 1 unspecified atom stereocenters. The molecule has 1 heterocycles. The van der Waals surface area contributed by atoms with Crippen LogP contribution in [0.3, 0.4) is 0 Å². The van der Waals surface area contributed by atoms with Crippen LogP contribution in [0.25, 0.3) is 0 Å². The van der Waals surface area contributed by atoms with E-state index >= 15 is 0 Å². The van der Waals surface area contributed by atoms with Crippen LogP contribution in [0.1, 0.15) is 19.3 Å². The van der Waals surface area contributed by atoms with Gasteiger partial charge < -0.3 is 20.1 Å². The van der Waals surface area contributed by atoms with E-state index in [4.69, 9.17) is 9.47 Å². The van der Waals surface area contributed by atoms with Gasteiger partial charge in [0.25, 0.3) is 0 Å². The van der Waals surface area contributed by atoms with Crippen LogP contribution in [-0.2, 0) is 4.79 Å². The molecule has 1 aliphatic rings. The molecule has 0 saturated carbocycles. The van der Waals surface area contributed by atoms with Gasteiger partial charge in [-0.25, -0.2) is 0 Å². The van der Waals surface area contributed by atoms with Crippen molar-refractivity contribution in [2.45, 2.75) is 25.4 Å². The van der Waals surface area contributed by atoms with Crippen molar-refractivity contribution in [1.82, 2.24) is 5.32 Å². The summed E-state index contributed by atoms with van der Waals surface area (Å²) in [4.78, 5) is 12.0. The molecule has 1 atom stereocenters. The average molecular weight is 383 g/mol. The van der Waals surface area contributed by atoms with E-state index in [0.717, 1.165) is 25.9 Å². The quantitative estimate of drug-likeness (QED) is 0.759. The molecule has 0 spiro atoms. The van der Waals surface area contributed by atoms with Gasteiger partial charge >= 0.3 is 6.18 Å². The highest BCUT2D eigenvalue weighted by atomic mass is 35.5. The minimum absolute atomic E-state index is 0. The largest absolute Gasteiger partial charge is 0.493 e. The van der Waals surface area contributed by atoms with E-state index in [-0.39, 0.29) is 29.8 Å². The van der Waals surface area contributed by atoms with Gasteiger partial charge in [-0.05, 0) is 44.0 Å². The molecular weight excluding hydrogens is 361 g/mol. The summed E-state index contributed by atoms with van der Waals surface area (Å²) < 4.78 is 46.6. The van der Waals surface area contributed by atoms with Crippen molar-refractivity contribution in [3.8, 4) is 11.5 Å². The molecule has 1 fully saturated rings. The third-order valence-electron chi connectivity index (χ3n) is 3.78. The highest BCUT2D eigenvalue weighted by Crippen LogP contribution is 2.31. The Labute approximate surface area is 150 Å². The van der Waals surface area contributed by atoms with Crippen molar-refractivity contribution in [1.29, 1.82) is 0 Å². The lowest BCUT2D eigenvalue weighted by Crippen LogP contribution is -2.19. The lowest BCUT2D eigenvalue weighted by atomic mass is 10.0. The molecule has 1 amide bonds. The second kappa shape index (κ2) is 9.72. The number of carbonyl (C=O) groups is 1. The number of rotatable bonds is 7. The average Bonchev–Trinajstić information content (AvgIpc) is 3.04. The first-order chi connectivity index (χ1) is 11.4. The van der Waals surface area contributed by atoms with E-state index in [9.17, 15) is 18.0 Å². The molecule has 9 heteroatoms. The van der Waals surface area contributed by atoms with E-state index in [2.05, 4.69) is 10.6 Å². The topological polar surface area (TPSA) is 59.6 Å². The van der Waals surface area contributed by atoms with Crippen molar-refractivity contribution in [3.63, 3.8) is 0 Å². The zero-order valence-electron chi connectivity index (χ0n) is 13.8. The number of halogens is 4. The summed E-state index contributed by atoms with van der Waals surface area (Å²) in [5, 5.41) is 5.92. The molecule has 1 aromatic rings. The fourth-order valence-electron chi connectivity index (χ4n) is 2.55. The van der Waals surface area contributed by atoms with E-state index in [1.54, 1.807) is 6.07 Å². The van der Waals surface area contributed by atoms with Crippen LogP contribution in [0.5, 0.6) is 11.5 Å². The molecular formula is C16H22ClF3N2O3. The maximum absolute atomic E-state index is 12.3. The van der Waals surface area contributed by atoms with Gasteiger partial charge in [-0.3, -0.25) is 4.79 Å². The first-order valence-electron chi connectivity index (χ1n) is 7.75. The number of amides is 1. The van der Waals surface area contributed by atoms with Gasteiger partial charge in [0.15, 0.2) is 18.1 Å². The Bertz CT molecular complexity index is 564. The Balaban J connectivity index is 0.00000312. The normalized spacial score (nSPS) is 16.9. The summed E-state index contributed by atoms with van der Waals surface area (Å²) >= 11 is 0. The van der Waals surface area contributed by atoms with Crippen molar-refractivity contribution in [3.05, 3.63) is 18.2 Å². The zero-order valence-corrected chi connectivity index (χ0v) is 14.6. The first-order valence-corrected chi connectivity index (χ1v) is 7.75. The van der Waals surface area contributed by atoms with Gasteiger partial charge in [0, 0.05) is 18.2 Å². The lowest BCUT2D eigenvalue weighted by molar-refractivity contribution is -0.153. The van der Waals surface area contributed by atoms with Gasteiger partial charge in [0.2, 0.25) is 5.91 Å². The molecule has 0 bridgehead atoms. The molecule has 2 N–H and O–H groups in total. The molecule has 25 heavy (non-hydrogen) atoms. The van der Waals surface area contributed by atoms with Crippen molar-refractivity contribution < 1.29 is 27.4 Å². The molecule has 0 radical (unpaired) electrons. The summed E-state index contributed by atoms with van der Waals surface area (Å²) in [5.74, 6) is 0.438.